The number of rotatable bonds is 3. The molecular formula is C17H13F3N4S. The summed E-state index contributed by atoms with van der Waals surface area (Å²) in [5.41, 5.74) is 3.95. The first-order valence-electron chi connectivity index (χ1n) is 7.08. The fraction of sp³-hybridized carbons (Fsp3) is 0.118. The quantitative estimate of drug-likeness (QED) is 0.486. The number of hydrogen-bond acceptors (Lipinski definition) is 3. The lowest BCUT2D eigenvalue weighted by Gasteiger charge is -2.11. The van der Waals surface area contributed by atoms with E-state index in [0.29, 0.717) is 11.3 Å². The van der Waals surface area contributed by atoms with Crippen molar-refractivity contribution in [1.82, 2.24) is 5.43 Å². The fourth-order valence-electron chi connectivity index (χ4n) is 1.92. The Morgan fingerprint density at radius 2 is 1.84 bits per heavy atom. The number of benzene rings is 2. The number of nitrogens with zero attached hydrogens (tertiary/aromatic N) is 2. The Labute approximate surface area is 148 Å². The smallest absolute Gasteiger partial charge is 0.331 e. The molecule has 2 aromatic rings. The first-order valence-corrected chi connectivity index (χ1v) is 7.49. The highest BCUT2D eigenvalue weighted by molar-refractivity contribution is 7.80. The van der Waals surface area contributed by atoms with Crippen molar-refractivity contribution in [3.8, 4) is 6.07 Å². The van der Waals surface area contributed by atoms with Crippen molar-refractivity contribution in [2.45, 2.75) is 13.1 Å². The van der Waals surface area contributed by atoms with Gasteiger partial charge in [0, 0.05) is 5.69 Å². The van der Waals surface area contributed by atoms with Crippen LogP contribution in [0.5, 0.6) is 0 Å². The number of alkyl halides is 3. The third kappa shape index (κ3) is 5.29. The van der Waals surface area contributed by atoms with Gasteiger partial charge in [0.15, 0.2) is 5.11 Å². The van der Waals surface area contributed by atoms with Crippen LogP contribution in [0.3, 0.4) is 0 Å². The van der Waals surface area contributed by atoms with Crippen LogP contribution >= 0.6 is 12.2 Å². The Morgan fingerprint density at radius 1 is 1.16 bits per heavy atom. The zero-order chi connectivity index (χ0) is 18.4. The van der Waals surface area contributed by atoms with Gasteiger partial charge in [0.25, 0.3) is 0 Å². The van der Waals surface area contributed by atoms with Crippen LogP contribution in [0.2, 0.25) is 0 Å². The summed E-state index contributed by atoms with van der Waals surface area (Å²) in [4.78, 5) is 0. The molecular weight excluding hydrogens is 349 g/mol. The van der Waals surface area contributed by atoms with E-state index in [-0.39, 0.29) is 10.8 Å². The Morgan fingerprint density at radius 3 is 2.44 bits per heavy atom. The Balaban J connectivity index is 2.01. The van der Waals surface area contributed by atoms with E-state index < -0.39 is 11.7 Å². The zero-order valence-corrected chi connectivity index (χ0v) is 13.9. The molecule has 2 rings (SSSR count). The lowest BCUT2D eigenvalue weighted by Crippen LogP contribution is -2.25. The Kier molecular flexibility index (Phi) is 5.72. The molecule has 0 aromatic heterocycles. The molecule has 0 radical (unpaired) electrons. The van der Waals surface area contributed by atoms with Crippen LogP contribution in [0.4, 0.5) is 18.9 Å². The maximum absolute atomic E-state index is 12.7. The topological polar surface area (TPSA) is 60.2 Å². The largest absolute Gasteiger partial charge is 0.416 e. The molecule has 0 heterocycles. The molecule has 2 N–H and O–H groups in total. The maximum atomic E-state index is 12.7. The maximum Gasteiger partial charge on any atom is 0.416 e. The average molecular weight is 362 g/mol. The molecule has 128 valence electrons. The van der Waals surface area contributed by atoms with E-state index in [9.17, 15) is 13.2 Å². The second-order valence-corrected chi connectivity index (χ2v) is 5.44. The number of thiocarbonyl (C=S) groups is 1. The first-order chi connectivity index (χ1) is 11.8. The summed E-state index contributed by atoms with van der Waals surface area (Å²) in [7, 11) is 0. The van der Waals surface area contributed by atoms with Gasteiger partial charge in [0.1, 0.15) is 0 Å². The molecule has 0 saturated carbocycles. The van der Waals surface area contributed by atoms with Crippen molar-refractivity contribution >= 4 is 28.7 Å². The van der Waals surface area contributed by atoms with Crippen LogP contribution in [0.15, 0.2) is 53.6 Å². The summed E-state index contributed by atoms with van der Waals surface area (Å²) in [5, 5.41) is 15.6. The molecule has 0 atom stereocenters. The second-order valence-electron chi connectivity index (χ2n) is 5.03. The van der Waals surface area contributed by atoms with E-state index in [1.165, 1.54) is 12.1 Å². The van der Waals surface area contributed by atoms with Crippen molar-refractivity contribution in [1.29, 1.82) is 5.26 Å². The number of nitrogens with one attached hydrogen (secondary N) is 2. The predicted octanol–water partition coefficient (Wildman–Crippen LogP) is 4.29. The van der Waals surface area contributed by atoms with E-state index in [1.54, 1.807) is 31.2 Å². The second kappa shape index (κ2) is 7.77. The van der Waals surface area contributed by atoms with E-state index in [0.717, 1.165) is 17.7 Å². The average Bonchev–Trinajstić information content (AvgIpc) is 2.59. The molecule has 0 fully saturated rings. The van der Waals surface area contributed by atoms with Crippen molar-refractivity contribution in [2.75, 3.05) is 5.32 Å². The third-order valence-corrected chi connectivity index (χ3v) is 3.40. The molecule has 0 amide bonds. The van der Waals surface area contributed by atoms with Crippen molar-refractivity contribution in [3.63, 3.8) is 0 Å². The molecule has 0 bridgehead atoms. The fourth-order valence-corrected chi connectivity index (χ4v) is 2.08. The summed E-state index contributed by atoms with van der Waals surface area (Å²) >= 11 is 5.03. The number of nitriles is 1. The van der Waals surface area contributed by atoms with Crippen LogP contribution in [0.1, 0.15) is 23.6 Å². The summed E-state index contributed by atoms with van der Waals surface area (Å²) in [6.45, 7) is 1.74. The highest BCUT2D eigenvalue weighted by atomic mass is 32.1. The van der Waals surface area contributed by atoms with Gasteiger partial charge in [-0.1, -0.05) is 18.2 Å². The number of hydrogen-bond donors (Lipinski definition) is 2. The summed E-state index contributed by atoms with van der Waals surface area (Å²) in [6, 6.07) is 13.5. The lowest BCUT2D eigenvalue weighted by atomic mass is 10.1. The molecule has 25 heavy (non-hydrogen) atoms. The number of hydrazone groups is 1. The molecule has 0 aliphatic carbocycles. The van der Waals surface area contributed by atoms with E-state index >= 15 is 0 Å². The minimum absolute atomic E-state index is 0.0623. The van der Waals surface area contributed by atoms with Crippen molar-refractivity contribution in [2.24, 2.45) is 5.10 Å². The van der Waals surface area contributed by atoms with Gasteiger partial charge in [-0.3, -0.25) is 5.43 Å². The minimum Gasteiger partial charge on any atom is -0.331 e. The molecule has 4 nitrogen and oxygen atoms in total. The van der Waals surface area contributed by atoms with Gasteiger partial charge in [-0.2, -0.15) is 23.5 Å². The SMILES string of the molecule is C/C(=N\NC(=S)Nc1cccc(C(F)(F)F)c1)c1ccc(C#N)cc1. The van der Waals surface area contributed by atoms with Gasteiger partial charge in [-0.05, 0) is 55.0 Å². The standard InChI is InChI=1S/C17H13F3N4S/c1-11(13-7-5-12(10-21)6-8-13)23-24-16(25)22-15-4-2-3-14(9-15)17(18,19)20/h2-9H,1H3,(H2,22,24,25)/b23-11+. The van der Waals surface area contributed by atoms with Crippen LogP contribution in [-0.2, 0) is 6.18 Å². The third-order valence-electron chi connectivity index (χ3n) is 3.20. The van der Waals surface area contributed by atoms with E-state index in [2.05, 4.69) is 15.8 Å². The summed E-state index contributed by atoms with van der Waals surface area (Å²) in [5.74, 6) is 0. The Bertz CT molecular complexity index is 836. The normalized spacial score (nSPS) is 11.6. The molecule has 8 heteroatoms. The monoisotopic (exact) mass is 362 g/mol. The molecule has 2 aromatic carbocycles. The van der Waals surface area contributed by atoms with Crippen LogP contribution in [-0.4, -0.2) is 10.8 Å². The summed E-state index contributed by atoms with van der Waals surface area (Å²) < 4.78 is 38.0. The van der Waals surface area contributed by atoms with Gasteiger partial charge in [-0.15, -0.1) is 0 Å². The highest BCUT2D eigenvalue weighted by Gasteiger charge is 2.30. The Hall–Kier alpha value is -2.92. The van der Waals surface area contributed by atoms with Crippen LogP contribution in [0.25, 0.3) is 0 Å². The van der Waals surface area contributed by atoms with E-state index in [4.69, 9.17) is 17.5 Å². The zero-order valence-electron chi connectivity index (χ0n) is 13.1. The highest BCUT2D eigenvalue weighted by Crippen LogP contribution is 2.30. The lowest BCUT2D eigenvalue weighted by molar-refractivity contribution is -0.137. The van der Waals surface area contributed by atoms with Gasteiger partial charge in [-0.25, -0.2) is 0 Å². The minimum atomic E-state index is -4.42. The van der Waals surface area contributed by atoms with Gasteiger partial charge in [0.05, 0.1) is 22.9 Å². The number of halogens is 3. The molecule has 0 aliphatic rings. The van der Waals surface area contributed by atoms with Crippen molar-refractivity contribution in [3.05, 3.63) is 65.2 Å². The predicted molar refractivity (Wildman–Crippen MR) is 94.2 cm³/mol. The van der Waals surface area contributed by atoms with Gasteiger partial charge < -0.3 is 5.32 Å². The van der Waals surface area contributed by atoms with Gasteiger partial charge in [0.2, 0.25) is 0 Å². The molecule has 0 saturated heterocycles. The summed E-state index contributed by atoms with van der Waals surface area (Å²) in [6.07, 6.45) is -4.42. The molecule has 0 aliphatic heterocycles. The van der Waals surface area contributed by atoms with E-state index in [1.807, 2.05) is 6.07 Å². The molecule has 0 unspecified atom stereocenters. The van der Waals surface area contributed by atoms with Crippen molar-refractivity contribution < 1.29 is 13.2 Å². The van der Waals surface area contributed by atoms with Gasteiger partial charge >= 0.3 is 6.18 Å². The first kappa shape index (κ1) is 18.4. The molecule has 0 spiro atoms. The van der Waals surface area contributed by atoms with Crippen LogP contribution < -0.4 is 10.7 Å². The van der Waals surface area contributed by atoms with Crippen LogP contribution in [0, 0.1) is 11.3 Å². The number of anilines is 1.